The Morgan fingerprint density at radius 3 is 2.65 bits per heavy atom. The Morgan fingerprint density at radius 1 is 1.06 bits per heavy atom. The topological polar surface area (TPSA) is 68.4 Å². The fourth-order valence-electron chi connectivity index (χ4n) is 4.66. The molecule has 10 heteroatoms. The maximum atomic E-state index is 13.1. The van der Waals surface area contributed by atoms with Crippen LogP contribution in [0.3, 0.4) is 0 Å². The number of piperidine rings is 1. The molecule has 1 unspecified atom stereocenters. The predicted octanol–water partition coefficient (Wildman–Crippen LogP) is 3.63. The Morgan fingerprint density at radius 2 is 1.87 bits per heavy atom. The summed E-state index contributed by atoms with van der Waals surface area (Å²) in [6, 6.07) is 3.65. The zero-order chi connectivity index (χ0) is 21.6. The van der Waals surface area contributed by atoms with Crippen molar-refractivity contribution in [2.75, 3.05) is 44.2 Å². The highest BCUT2D eigenvalue weighted by Gasteiger charge is 2.43. The fraction of sp³-hybridized carbons (Fsp3) is 0.476. The Kier molecular flexibility index (Phi) is 4.86. The summed E-state index contributed by atoms with van der Waals surface area (Å²) < 4.78 is 39.3. The van der Waals surface area contributed by atoms with Crippen molar-refractivity contribution in [1.82, 2.24) is 24.8 Å². The molecule has 5 rings (SSSR count). The number of likely N-dealkylation sites (tertiary alicyclic amines) is 1. The standard InChI is InChI=1S/C21H23F3N6O/c22-21(23,24)14-2-1-7-30(13-14)20(31)29-10-8-28(9-11-29)17-4-6-25-16-12-27-19-15(18(16)17)3-5-26-19/h3-6,12,14H,1-2,7-11,13H2,(H,26,27). The largest absolute Gasteiger partial charge is 0.393 e. The van der Waals surface area contributed by atoms with Gasteiger partial charge in [-0.15, -0.1) is 0 Å². The maximum absolute atomic E-state index is 13.1. The highest BCUT2D eigenvalue weighted by atomic mass is 19.4. The molecule has 2 saturated heterocycles. The van der Waals surface area contributed by atoms with Crippen LogP contribution in [0.25, 0.3) is 21.9 Å². The van der Waals surface area contributed by atoms with Gasteiger partial charge in [-0.3, -0.25) is 4.98 Å². The first-order valence-corrected chi connectivity index (χ1v) is 10.5. The molecule has 7 nitrogen and oxygen atoms in total. The van der Waals surface area contributed by atoms with Crippen LogP contribution in [0, 0.1) is 5.92 Å². The molecule has 0 saturated carbocycles. The molecule has 164 valence electrons. The van der Waals surface area contributed by atoms with Gasteiger partial charge in [0.15, 0.2) is 0 Å². The summed E-state index contributed by atoms with van der Waals surface area (Å²) in [7, 11) is 0. The third kappa shape index (κ3) is 3.64. The molecule has 0 radical (unpaired) electrons. The van der Waals surface area contributed by atoms with Crippen molar-refractivity contribution in [2.45, 2.75) is 19.0 Å². The van der Waals surface area contributed by atoms with E-state index in [1.165, 1.54) is 4.90 Å². The minimum Gasteiger partial charge on any atom is -0.367 e. The average Bonchev–Trinajstić information content (AvgIpc) is 3.27. The Hall–Kier alpha value is -3.04. The lowest BCUT2D eigenvalue weighted by molar-refractivity contribution is -0.184. The average molecular weight is 432 g/mol. The summed E-state index contributed by atoms with van der Waals surface area (Å²) in [5, 5.41) is 2.00. The third-order valence-corrected chi connectivity index (χ3v) is 6.31. The van der Waals surface area contributed by atoms with E-state index in [0.717, 1.165) is 27.6 Å². The first-order chi connectivity index (χ1) is 14.9. The van der Waals surface area contributed by atoms with E-state index < -0.39 is 12.1 Å². The number of hydrogen-bond donors (Lipinski definition) is 1. The van der Waals surface area contributed by atoms with E-state index in [-0.39, 0.29) is 19.0 Å². The maximum Gasteiger partial charge on any atom is 0.393 e. The zero-order valence-corrected chi connectivity index (χ0v) is 16.9. The summed E-state index contributed by atoms with van der Waals surface area (Å²) in [5.41, 5.74) is 2.62. The zero-order valence-electron chi connectivity index (χ0n) is 16.9. The first-order valence-electron chi connectivity index (χ1n) is 10.5. The number of aromatic amines is 1. The van der Waals surface area contributed by atoms with Crippen LogP contribution in [0.5, 0.6) is 0 Å². The van der Waals surface area contributed by atoms with Crippen LogP contribution in [-0.2, 0) is 0 Å². The quantitative estimate of drug-likeness (QED) is 0.638. The van der Waals surface area contributed by atoms with Crippen LogP contribution < -0.4 is 4.90 Å². The normalized spacial score (nSPS) is 20.6. The molecular formula is C21H23F3N6O. The SMILES string of the molecule is O=C(N1CCN(c2ccnc3cnc4[nH]ccc4c23)CC1)N1CCCC(C(F)(F)F)C1. The number of aromatic nitrogens is 3. The van der Waals surface area contributed by atoms with Crippen LogP contribution in [0.2, 0.25) is 0 Å². The van der Waals surface area contributed by atoms with Gasteiger partial charge in [-0.1, -0.05) is 0 Å². The van der Waals surface area contributed by atoms with Crippen LogP contribution in [0.15, 0.2) is 30.7 Å². The minimum absolute atomic E-state index is 0.0959. The molecular weight excluding hydrogens is 409 g/mol. The van der Waals surface area contributed by atoms with Crippen molar-refractivity contribution >= 4 is 33.7 Å². The number of amides is 2. The van der Waals surface area contributed by atoms with Crippen molar-refractivity contribution in [1.29, 1.82) is 0 Å². The second-order valence-electron chi connectivity index (χ2n) is 8.17. The molecule has 2 fully saturated rings. The van der Waals surface area contributed by atoms with Gasteiger partial charge in [-0.05, 0) is 25.0 Å². The molecule has 1 N–H and O–H groups in total. The number of anilines is 1. The summed E-state index contributed by atoms with van der Waals surface area (Å²) in [5.74, 6) is -1.42. The van der Waals surface area contributed by atoms with E-state index in [2.05, 4.69) is 19.9 Å². The highest BCUT2D eigenvalue weighted by Crippen LogP contribution is 2.34. The minimum atomic E-state index is -4.25. The van der Waals surface area contributed by atoms with E-state index in [0.29, 0.717) is 39.1 Å². The monoisotopic (exact) mass is 432 g/mol. The first kappa shape index (κ1) is 19.9. The number of alkyl halides is 3. The Balaban J connectivity index is 1.31. The molecule has 2 amide bonds. The molecule has 31 heavy (non-hydrogen) atoms. The third-order valence-electron chi connectivity index (χ3n) is 6.31. The van der Waals surface area contributed by atoms with E-state index >= 15 is 0 Å². The number of pyridine rings is 2. The molecule has 2 aliphatic rings. The number of halogens is 3. The van der Waals surface area contributed by atoms with Crippen molar-refractivity contribution in [3.8, 4) is 0 Å². The van der Waals surface area contributed by atoms with Gasteiger partial charge in [0.05, 0.1) is 17.6 Å². The van der Waals surface area contributed by atoms with Gasteiger partial charge >= 0.3 is 12.2 Å². The van der Waals surface area contributed by atoms with Crippen LogP contribution >= 0.6 is 0 Å². The van der Waals surface area contributed by atoms with Gasteiger partial charge in [-0.25, -0.2) is 9.78 Å². The number of fused-ring (bicyclic) bond motifs is 3. The molecule has 1 atom stereocenters. The second kappa shape index (κ2) is 7.58. The van der Waals surface area contributed by atoms with E-state index in [9.17, 15) is 18.0 Å². The van der Waals surface area contributed by atoms with E-state index in [1.807, 2.05) is 18.3 Å². The van der Waals surface area contributed by atoms with Crippen molar-refractivity contribution in [2.24, 2.45) is 5.92 Å². The lowest BCUT2D eigenvalue weighted by atomic mass is 9.98. The van der Waals surface area contributed by atoms with Crippen LogP contribution in [0.4, 0.5) is 23.7 Å². The number of hydrogen-bond acceptors (Lipinski definition) is 4. The van der Waals surface area contributed by atoms with Crippen molar-refractivity contribution in [3.63, 3.8) is 0 Å². The number of H-pyrrole nitrogens is 1. The smallest absolute Gasteiger partial charge is 0.367 e. The van der Waals surface area contributed by atoms with Gasteiger partial charge in [0.2, 0.25) is 0 Å². The molecule has 2 aliphatic heterocycles. The van der Waals surface area contributed by atoms with Crippen LogP contribution in [0.1, 0.15) is 12.8 Å². The second-order valence-corrected chi connectivity index (χ2v) is 8.17. The molecule has 3 aromatic heterocycles. The molecule has 3 aromatic rings. The Bertz CT molecular complexity index is 1110. The number of carbonyl (C=O) groups excluding carboxylic acids is 1. The molecule has 0 aromatic carbocycles. The number of rotatable bonds is 1. The predicted molar refractivity (Wildman–Crippen MR) is 111 cm³/mol. The van der Waals surface area contributed by atoms with Crippen molar-refractivity contribution in [3.05, 3.63) is 30.7 Å². The van der Waals surface area contributed by atoms with Crippen LogP contribution in [-0.4, -0.2) is 76.2 Å². The van der Waals surface area contributed by atoms with Gasteiger partial charge in [0.1, 0.15) is 5.65 Å². The molecule has 5 heterocycles. The summed E-state index contributed by atoms with van der Waals surface area (Å²) in [6.45, 7) is 2.30. The molecule has 0 aliphatic carbocycles. The fourth-order valence-corrected chi connectivity index (χ4v) is 4.66. The lowest BCUT2D eigenvalue weighted by Crippen LogP contribution is -2.55. The summed E-state index contributed by atoms with van der Waals surface area (Å²) in [4.78, 5) is 30.1. The number of urea groups is 1. The molecule has 0 bridgehead atoms. The Labute approximate surface area is 176 Å². The lowest BCUT2D eigenvalue weighted by Gasteiger charge is -2.41. The summed E-state index contributed by atoms with van der Waals surface area (Å²) >= 11 is 0. The van der Waals surface area contributed by atoms with Crippen molar-refractivity contribution < 1.29 is 18.0 Å². The van der Waals surface area contributed by atoms with Gasteiger partial charge in [0, 0.05) is 68.1 Å². The summed E-state index contributed by atoms with van der Waals surface area (Å²) in [6.07, 6.45) is 1.57. The molecule has 0 spiro atoms. The number of nitrogens with one attached hydrogen (secondary N) is 1. The highest BCUT2D eigenvalue weighted by molar-refractivity contribution is 6.10. The van der Waals surface area contributed by atoms with Gasteiger partial charge in [-0.2, -0.15) is 13.2 Å². The van der Waals surface area contributed by atoms with E-state index in [4.69, 9.17) is 0 Å². The van der Waals surface area contributed by atoms with E-state index in [1.54, 1.807) is 17.3 Å². The number of carbonyl (C=O) groups is 1. The number of nitrogens with zero attached hydrogens (tertiary/aromatic N) is 5. The number of piperazine rings is 1. The van der Waals surface area contributed by atoms with Gasteiger partial charge in [0.25, 0.3) is 0 Å². The van der Waals surface area contributed by atoms with Gasteiger partial charge < -0.3 is 19.7 Å².